The molecular weight excluding hydrogens is 488 g/mol. The molecule has 0 amide bonds. The van der Waals surface area contributed by atoms with Crippen molar-refractivity contribution in [2.24, 2.45) is 5.92 Å². The van der Waals surface area contributed by atoms with Gasteiger partial charge in [-0.05, 0) is 65.2 Å². The van der Waals surface area contributed by atoms with Crippen LogP contribution in [0.1, 0.15) is 35.3 Å². The summed E-state index contributed by atoms with van der Waals surface area (Å²) in [6, 6.07) is 27.8. The molecule has 4 aromatic rings. The van der Waals surface area contributed by atoms with Gasteiger partial charge in [0.15, 0.2) is 0 Å². The lowest BCUT2D eigenvalue weighted by Gasteiger charge is -2.37. The molecule has 0 radical (unpaired) electrons. The molecule has 1 aliphatic rings. The van der Waals surface area contributed by atoms with Crippen LogP contribution in [-0.2, 0) is 16.1 Å². The molecule has 5 nitrogen and oxygen atoms in total. The summed E-state index contributed by atoms with van der Waals surface area (Å²) in [5.41, 5.74) is 2.96. The highest BCUT2D eigenvalue weighted by Crippen LogP contribution is 2.39. The van der Waals surface area contributed by atoms with Crippen LogP contribution in [0.25, 0.3) is 0 Å². The number of benzene rings is 4. The van der Waals surface area contributed by atoms with Gasteiger partial charge in [0.2, 0.25) is 0 Å². The average molecular weight is 516 g/mol. The highest BCUT2D eigenvalue weighted by Gasteiger charge is 2.43. The molecule has 1 aliphatic heterocycles. The minimum atomic E-state index is -1.04. The Bertz CT molecular complexity index is 1350. The number of esters is 1. The maximum absolute atomic E-state index is 13.5. The number of hydrogen-bond donors (Lipinski definition) is 2. The number of aliphatic hydroxyl groups excluding tert-OH is 1. The summed E-state index contributed by atoms with van der Waals surface area (Å²) in [4.78, 5) is 13.3. The van der Waals surface area contributed by atoms with Crippen molar-refractivity contribution in [2.45, 2.75) is 31.3 Å². The number of halogens is 2. The zero-order valence-corrected chi connectivity index (χ0v) is 20.5. The van der Waals surface area contributed by atoms with Crippen LogP contribution in [0, 0.1) is 17.6 Å². The third-order valence-corrected chi connectivity index (χ3v) is 6.66. The summed E-state index contributed by atoms with van der Waals surface area (Å²) in [5.74, 6) is -1.64. The lowest BCUT2D eigenvalue weighted by Crippen LogP contribution is -2.43. The van der Waals surface area contributed by atoms with Gasteiger partial charge < -0.3 is 19.9 Å². The van der Waals surface area contributed by atoms with Crippen molar-refractivity contribution < 1.29 is 28.2 Å². The SMILES string of the molecule is O=C1O[C@@H](c2ccc(F)cc2)C[C@H](O)[C@@H]1[C@H](Nc1ccc(F)cc1)c1ccc(OCc2ccccc2)cc1. The number of rotatable bonds is 8. The van der Waals surface area contributed by atoms with Crippen LogP contribution in [0.2, 0.25) is 0 Å². The molecule has 194 valence electrons. The number of anilines is 1. The number of carbonyl (C=O) groups excluding carboxylic acids is 1. The van der Waals surface area contributed by atoms with Crippen molar-refractivity contribution in [3.05, 3.63) is 131 Å². The fraction of sp³-hybridized carbons (Fsp3) is 0.194. The normalized spacial score (nSPS) is 19.9. The van der Waals surface area contributed by atoms with Crippen LogP contribution in [0.5, 0.6) is 5.75 Å². The summed E-state index contributed by atoms with van der Waals surface area (Å²) in [5, 5.41) is 14.4. The van der Waals surface area contributed by atoms with E-state index in [0.717, 1.165) is 11.1 Å². The Hall–Kier alpha value is -4.23. The molecule has 1 fully saturated rings. The van der Waals surface area contributed by atoms with Crippen LogP contribution in [-0.4, -0.2) is 17.2 Å². The number of carbonyl (C=O) groups is 1. The van der Waals surface area contributed by atoms with Gasteiger partial charge in [0.25, 0.3) is 0 Å². The number of hydrogen-bond acceptors (Lipinski definition) is 5. The summed E-state index contributed by atoms with van der Waals surface area (Å²) in [6.07, 6.45) is -1.57. The molecule has 7 heteroatoms. The molecule has 0 aliphatic carbocycles. The molecule has 0 unspecified atom stereocenters. The van der Waals surface area contributed by atoms with E-state index in [4.69, 9.17) is 9.47 Å². The molecule has 0 spiro atoms. The van der Waals surface area contributed by atoms with E-state index in [0.29, 0.717) is 23.6 Å². The van der Waals surface area contributed by atoms with E-state index in [-0.39, 0.29) is 12.2 Å². The Labute approximate surface area is 219 Å². The first-order chi connectivity index (χ1) is 18.5. The molecule has 1 heterocycles. The van der Waals surface area contributed by atoms with Crippen molar-refractivity contribution in [3.63, 3.8) is 0 Å². The predicted molar refractivity (Wildman–Crippen MR) is 139 cm³/mol. The van der Waals surface area contributed by atoms with Gasteiger partial charge in [-0.3, -0.25) is 4.79 Å². The zero-order chi connectivity index (χ0) is 26.5. The van der Waals surface area contributed by atoms with E-state index in [2.05, 4.69) is 5.32 Å². The standard InChI is InChI=1S/C31H27F2NO4/c32-23-10-6-21(7-11-23)28-18-27(35)29(31(36)38-28)30(34-25-14-12-24(33)13-15-25)22-8-16-26(17-9-22)37-19-20-4-2-1-3-5-20/h1-17,27-30,34-35H,18-19H2/t27-,28+,29+,30+/m0/s1. The lowest BCUT2D eigenvalue weighted by atomic mass is 9.83. The molecule has 2 N–H and O–H groups in total. The second-order valence-corrected chi connectivity index (χ2v) is 9.28. The number of ether oxygens (including phenoxy) is 2. The maximum Gasteiger partial charge on any atom is 0.314 e. The molecule has 4 atom stereocenters. The van der Waals surface area contributed by atoms with Crippen molar-refractivity contribution in [3.8, 4) is 5.75 Å². The third-order valence-electron chi connectivity index (χ3n) is 6.66. The van der Waals surface area contributed by atoms with Gasteiger partial charge in [-0.25, -0.2) is 8.78 Å². The third kappa shape index (κ3) is 6.01. The summed E-state index contributed by atoms with van der Waals surface area (Å²) in [6.45, 7) is 0.413. The largest absolute Gasteiger partial charge is 0.489 e. The van der Waals surface area contributed by atoms with Gasteiger partial charge in [0.05, 0.1) is 12.1 Å². The van der Waals surface area contributed by atoms with E-state index in [1.165, 1.54) is 24.3 Å². The van der Waals surface area contributed by atoms with E-state index in [1.807, 2.05) is 42.5 Å². The van der Waals surface area contributed by atoms with Crippen molar-refractivity contribution in [1.29, 1.82) is 0 Å². The van der Waals surface area contributed by atoms with Crippen molar-refractivity contribution in [1.82, 2.24) is 0 Å². The summed E-state index contributed by atoms with van der Waals surface area (Å²) >= 11 is 0. The predicted octanol–water partition coefficient (Wildman–Crippen LogP) is 6.36. The molecule has 0 saturated carbocycles. The molecule has 0 aromatic heterocycles. The van der Waals surface area contributed by atoms with Crippen LogP contribution in [0.15, 0.2) is 103 Å². The van der Waals surface area contributed by atoms with Gasteiger partial charge in [0, 0.05) is 12.1 Å². The summed E-state index contributed by atoms with van der Waals surface area (Å²) < 4.78 is 38.5. The van der Waals surface area contributed by atoms with E-state index in [1.54, 1.807) is 36.4 Å². The Balaban J connectivity index is 1.37. The van der Waals surface area contributed by atoms with E-state index < -0.39 is 36.0 Å². The first-order valence-corrected chi connectivity index (χ1v) is 12.4. The Kier molecular flexibility index (Phi) is 7.65. The van der Waals surface area contributed by atoms with Crippen LogP contribution < -0.4 is 10.1 Å². The zero-order valence-electron chi connectivity index (χ0n) is 20.5. The quantitative estimate of drug-likeness (QED) is 0.267. The highest BCUT2D eigenvalue weighted by atomic mass is 19.1. The van der Waals surface area contributed by atoms with E-state index >= 15 is 0 Å². The fourth-order valence-electron chi connectivity index (χ4n) is 4.65. The van der Waals surface area contributed by atoms with Crippen LogP contribution in [0.3, 0.4) is 0 Å². The lowest BCUT2D eigenvalue weighted by molar-refractivity contribution is -0.171. The molecule has 5 rings (SSSR count). The van der Waals surface area contributed by atoms with Crippen molar-refractivity contribution in [2.75, 3.05) is 5.32 Å². The topological polar surface area (TPSA) is 67.8 Å². The Morgan fingerprint density at radius 3 is 2.13 bits per heavy atom. The Morgan fingerprint density at radius 1 is 0.868 bits per heavy atom. The molecule has 0 bridgehead atoms. The van der Waals surface area contributed by atoms with Gasteiger partial charge in [0.1, 0.15) is 36.0 Å². The van der Waals surface area contributed by atoms with Crippen LogP contribution >= 0.6 is 0 Å². The number of nitrogens with one attached hydrogen (secondary N) is 1. The smallest absolute Gasteiger partial charge is 0.314 e. The second-order valence-electron chi connectivity index (χ2n) is 9.28. The monoisotopic (exact) mass is 515 g/mol. The fourth-order valence-corrected chi connectivity index (χ4v) is 4.65. The second kappa shape index (κ2) is 11.4. The Morgan fingerprint density at radius 2 is 1.50 bits per heavy atom. The molecule has 4 aromatic carbocycles. The molecular formula is C31H27F2NO4. The minimum absolute atomic E-state index is 0.155. The van der Waals surface area contributed by atoms with Gasteiger partial charge in [-0.2, -0.15) is 0 Å². The number of cyclic esters (lactones) is 1. The average Bonchev–Trinajstić information content (AvgIpc) is 2.93. The van der Waals surface area contributed by atoms with Gasteiger partial charge >= 0.3 is 5.97 Å². The van der Waals surface area contributed by atoms with Crippen LogP contribution in [0.4, 0.5) is 14.5 Å². The first-order valence-electron chi connectivity index (χ1n) is 12.4. The molecule has 1 saturated heterocycles. The maximum atomic E-state index is 13.5. The highest BCUT2D eigenvalue weighted by molar-refractivity contribution is 5.76. The minimum Gasteiger partial charge on any atom is -0.489 e. The first kappa shape index (κ1) is 25.4. The van der Waals surface area contributed by atoms with E-state index in [9.17, 15) is 18.7 Å². The summed E-state index contributed by atoms with van der Waals surface area (Å²) in [7, 11) is 0. The number of aliphatic hydroxyl groups is 1. The van der Waals surface area contributed by atoms with Gasteiger partial charge in [-0.1, -0.05) is 54.6 Å². The van der Waals surface area contributed by atoms with Crippen molar-refractivity contribution >= 4 is 11.7 Å². The van der Waals surface area contributed by atoms with Gasteiger partial charge in [-0.15, -0.1) is 0 Å². The molecule has 38 heavy (non-hydrogen) atoms.